The largest absolute Gasteiger partial charge is 0.380 e. The van der Waals surface area contributed by atoms with Crippen LogP contribution < -0.4 is 0 Å². The summed E-state index contributed by atoms with van der Waals surface area (Å²) < 4.78 is 5.06. The van der Waals surface area contributed by atoms with Crippen LogP contribution in [-0.2, 0) is 16.8 Å². The van der Waals surface area contributed by atoms with E-state index >= 15 is 0 Å². The van der Waals surface area contributed by atoms with E-state index in [1.807, 2.05) is 12.4 Å². The van der Waals surface area contributed by atoms with Crippen LogP contribution in [0.1, 0.15) is 31.9 Å². The van der Waals surface area contributed by atoms with E-state index in [0.717, 1.165) is 5.56 Å². The maximum absolute atomic E-state index is 5.06. The van der Waals surface area contributed by atoms with E-state index in [1.165, 1.54) is 5.56 Å². The number of hydrogen-bond acceptors (Lipinski definition) is 2. The second kappa shape index (κ2) is 3.88. The highest BCUT2D eigenvalue weighted by atomic mass is 16.5. The topological polar surface area (TPSA) is 22.1 Å². The van der Waals surface area contributed by atoms with Gasteiger partial charge in [-0.05, 0) is 22.6 Å². The zero-order valence-corrected chi connectivity index (χ0v) is 8.79. The van der Waals surface area contributed by atoms with Crippen molar-refractivity contribution in [2.45, 2.75) is 32.8 Å². The summed E-state index contributed by atoms with van der Waals surface area (Å²) >= 11 is 0. The lowest BCUT2D eigenvalue weighted by molar-refractivity contribution is 0.184. The molecule has 0 bridgehead atoms. The molecule has 0 fully saturated rings. The van der Waals surface area contributed by atoms with Gasteiger partial charge in [0.1, 0.15) is 0 Å². The number of methoxy groups -OCH3 is 1. The SMILES string of the molecule is COCc1cncc(C(C)(C)C)c1. The van der Waals surface area contributed by atoms with E-state index in [1.54, 1.807) is 7.11 Å². The Balaban J connectivity index is 2.92. The van der Waals surface area contributed by atoms with Gasteiger partial charge in [-0.15, -0.1) is 0 Å². The molecule has 0 radical (unpaired) electrons. The molecule has 0 N–H and O–H groups in total. The van der Waals surface area contributed by atoms with Crippen molar-refractivity contribution < 1.29 is 4.74 Å². The molecule has 0 unspecified atom stereocenters. The molecule has 1 heterocycles. The zero-order chi connectivity index (χ0) is 9.90. The first-order chi connectivity index (χ1) is 6.04. The minimum atomic E-state index is 0.163. The Morgan fingerprint density at radius 2 is 2.00 bits per heavy atom. The summed E-state index contributed by atoms with van der Waals surface area (Å²) in [6.07, 6.45) is 3.76. The van der Waals surface area contributed by atoms with Gasteiger partial charge in [-0.3, -0.25) is 4.98 Å². The molecule has 0 aliphatic carbocycles. The van der Waals surface area contributed by atoms with Gasteiger partial charge in [0, 0.05) is 19.5 Å². The number of nitrogens with zero attached hydrogens (tertiary/aromatic N) is 1. The van der Waals surface area contributed by atoms with Crippen molar-refractivity contribution in [3.05, 3.63) is 29.6 Å². The molecule has 2 nitrogen and oxygen atoms in total. The third-order valence-electron chi connectivity index (χ3n) is 1.97. The summed E-state index contributed by atoms with van der Waals surface area (Å²) in [5, 5.41) is 0. The van der Waals surface area contributed by atoms with Crippen LogP contribution in [0.5, 0.6) is 0 Å². The van der Waals surface area contributed by atoms with Crippen molar-refractivity contribution in [3.8, 4) is 0 Å². The van der Waals surface area contributed by atoms with Crippen LogP contribution in [0, 0.1) is 0 Å². The normalized spacial score (nSPS) is 11.7. The van der Waals surface area contributed by atoms with E-state index < -0.39 is 0 Å². The fraction of sp³-hybridized carbons (Fsp3) is 0.545. The summed E-state index contributed by atoms with van der Waals surface area (Å²) in [5.74, 6) is 0. The lowest BCUT2D eigenvalue weighted by atomic mass is 9.88. The Morgan fingerprint density at radius 1 is 1.31 bits per heavy atom. The highest BCUT2D eigenvalue weighted by Crippen LogP contribution is 2.21. The van der Waals surface area contributed by atoms with Gasteiger partial charge < -0.3 is 4.74 Å². The second-order valence-corrected chi connectivity index (χ2v) is 4.26. The lowest BCUT2D eigenvalue weighted by Gasteiger charge is -2.18. The number of aromatic nitrogens is 1. The van der Waals surface area contributed by atoms with Crippen LogP contribution >= 0.6 is 0 Å². The Bertz CT molecular complexity index is 276. The summed E-state index contributed by atoms with van der Waals surface area (Å²) in [6, 6.07) is 2.15. The van der Waals surface area contributed by atoms with Crippen LogP contribution in [0.2, 0.25) is 0 Å². The van der Waals surface area contributed by atoms with Crippen molar-refractivity contribution in [2.75, 3.05) is 7.11 Å². The van der Waals surface area contributed by atoms with Gasteiger partial charge in [-0.2, -0.15) is 0 Å². The first-order valence-electron chi connectivity index (χ1n) is 4.47. The molecule has 1 aromatic heterocycles. The van der Waals surface area contributed by atoms with Crippen LogP contribution in [0.15, 0.2) is 18.5 Å². The fourth-order valence-electron chi connectivity index (χ4n) is 1.14. The molecule has 0 aliphatic heterocycles. The molecule has 0 aromatic carbocycles. The second-order valence-electron chi connectivity index (χ2n) is 4.26. The van der Waals surface area contributed by atoms with Crippen LogP contribution in [-0.4, -0.2) is 12.1 Å². The lowest BCUT2D eigenvalue weighted by Crippen LogP contribution is -2.11. The number of ether oxygens (including phenoxy) is 1. The quantitative estimate of drug-likeness (QED) is 0.696. The summed E-state index contributed by atoms with van der Waals surface area (Å²) in [7, 11) is 1.70. The minimum Gasteiger partial charge on any atom is -0.380 e. The Morgan fingerprint density at radius 3 is 2.54 bits per heavy atom. The average Bonchev–Trinajstić information content (AvgIpc) is 2.04. The van der Waals surface area contributed by atoms with Crippen LogP contribution in [0.4, 0.5) is 0 Å². The molecule has 0 saturated carbocycles. The van der Waals surface area contributed by atoms with Crippen molar-refractivity contribution in [2.24, 2.45) is 0 Å². The van der Waals surface area contributed by atoms with Crippen LogP contribution in [0.25, 0.3) is 0 Å². The molecule has 0 atom stereocenters. The smallest absolute Gasteiger partial charge is 0.0728 e. The van der Waals surface area contributed by atoms with E-state index in [4.69, 9.17) is 4.74 Å². The van der Waals surface area contributed by atoms with Gasteiger partial charge in [0.25, 0.3) is 0 Å². The summed E-state index contributed by atoms with van der Waals surface area (Å²) in [4.78, 5) is 4.19. The standard InChI is InChI=1S/C11H17NO/c1-11(2,3)10-5-9(8-13-4)6-12-7-10/h5-7H,8H2,1-4H3. The van der Waals surface area contributed by atoms with Crippen molar-refractivity contribution in [1.82, 2.24) is 4.98 Å². The maximum Gasteiger partial charge on any atom is 0.0728 e. The van der Waals surface area contributed by atoms with E-state index in [9.17, 15) is 0 Å². The van der Waals surface area contributed by atoms with Crippen LogP contribution in [0.3, 0.4) is 0 Å². The molecule has 72 valence electrons. The predicted molar refractivity (Wildman–Crippen MR) is 53.7 cm³/mol. The van der Waals surface area contributed by atoms with Crippen molar-refractivity contribution in [1.29, 1.82) is 0 Å². The molecular formula is C11H17NO. The molecule has 0 saturated heterocycles. The summed E-state index contributed by atoms with van der Waals surface area (Å²) in [6.45, 7) is 7.18. The predicted octanol–water partition coefficient (Wildman–Crippen LogP) is 2.53. The monoisotopic (exact) mass is 179 g/mol. The zero-order valence-electron chi connectivity index (χ0n) is 8.79. The molecule has 1 rings (SSSR count). The molecule has 0 aliphatic rings. The summed E-state index contributed by atoms with van der Waals surface area (Å²) in [5.41, 5.74) is 2.55. The Labute approximate surface area is 80.0 Å². The first-order valence-corrected chi connectivity index (χ1v) is 4.47. The molecule has 13 heavy (non-hydrogen) atoms. The average molecular weight is 179 g/mol. The van der Waals surface area contributed by atoms with Gasteiger partial charge in [0.2, 0.25) is 0 Å². The van der Waals surface area contributed by atoms with Gasteiger partial charge in [0.15, 0.2) is 0 Å². The number of pyridine rings is 1. The highest BCUT2D eigenvalue weighted by Gasteiger charge is 2.13. The molecule has 0 amide bonds. The van der Waals surface area contributed by atoms with Crippen molar-refractivity contribution >= 4 is 0 Å². The Kier molecular flexibility index (Phi) is 3.04. The number of rotatable bonds is 2. The van der Waals surface area contributed by atoms with Gasteiger partial charge >= 0.3 is 0 Å². The third kappa shape index (κ3) is 2.81. The van der Waals surface area contributed by atoms with E-state index in [-0.39, 0.29) is 5.41 Å². The molecule has 0 spiro atoms. The minimum absolute atomic E-state index is 0.163. The first kappa shape index (κ1) is 10.2. The van der Waals surface area contributed by atoms with Gasteiger partial charge in [-0.1, -0.05) is 20.8 Å². The molecule has 1 aromatic rings. The Hall–Kier alpha value is -0.890. The van der Waals surface area contributed by atoms with Crippen molar-refractivity contribution in [3.63, 3.8) is 0 Å². The third-order valence-corrected chi connectivity index (χ3v) is 1.97. The van der Waals surface area contributed by atoms with E-state index in [0.29, 0.717) is 6.61 Å². The fourth-order valence-corrected chi connectivity index (χ4v) is 1.14. The highest BCUT2D eigenvalue weighted by molar-refractivity contribution is 5.23. The molecule has 2 heteroatoms. The molecular weight excluding hydrogens is 162 g/mol. The number of hydrogen-bond donors (Lipinski definition) is 0. The van der Waals surface area contributed by atoms with Gasteiger partial charge in [0.05, 0.1) is 6.61 Å². The van der Waals surface area contributed by atoms with Gasteiger partial charge in [-0.25, -0.2) is 0 Å². The maximum atomic E-state index is 5.06. The van der Waals surface area contributed by atoms with E-state index in [2.05, 4.69) is 31.8 Å².